The first kappa shape index (κ1) is 14.8. The third-order valence-electron chi connectivity index (χ3n) is 3.22. The molecule has 1 aliphatic heterocycles. The fourth-order valence-electron chi connectivity index (χ4n) is 2.20. The van der Waals surface area contributed by atoms with Gasteiger partial charge >= 0.3 is 0 Å². The SMILES string of the molecule is COCCNC(=O)C1CC(=O)N(c2cccc(Cl)c2)C1. The summed E-state index contributed by atoms with van der Waals surface area (Å²) in [6.45, 7) is 1.31. The number of hydrogen-bond donors (Lipinski definition) is 1. The van der Waals surface area contributed by atoms with E-state index < -0.39 is 0 Å². The molecule has 1 aromatic carbocycles. The minimum absolute atomic E-state index is 0.0563. The molecule has 20 heavy (non-hydrogen) atoms. The maximum absolute atomic E-state index is 12.0. The van der Waals surface area contributed by atoms with E-state index in [0.717, 1.165) is 5.69 Å². The van der Waals surface area contributed by atoms with Crippen molar-refractivity contribution in [3.05, 3.63) is 29.3 Å². The zero-order valence-electron chi connectivity index (χ0n) is 11.3. The van der Waals surface area contributed by atoms with E-state index in [1.54, 1.807) is 30.2 Å². The molecule has 1 saturated heterocycles. The van der Waals surface area contributed by atoms with Crippen molar-refractivity contribution >= 4 is 29.1 Å². The van der Waals surface area contributed by atoms with Crippen LogP contribution in [0.15, 0.2) is 24.3 Å². The summed E-state index contributed by atoms with van der Waals surface area (Å²) in [6.07, 6.45) is 0.228. The van der Waals surface area contributed by atoms with Gasteiger partial charge in [0.15, 0.2) is 0 Å². The molecule has 1 aromatic rings. The Bertz CT molecular complexity index is 507. The van der Waals surface area contributed by atoms with Crippen molar-refractivity contribution in [2.24, 2.45) is 5.92 Å². The molecule has 0 saturated carbocycles. The highest BCUT2D eigenvalue weighted by molar-refractivity contribution is 6.30. The number of ether oxygens (including phenoxy) is 1. The number of nitrogens with zero attached hydrogens (tertiary/aromatic N) is 1. The average Bonchev–Trinajstić information content (AvgIpc) is 2.81. The number of halogens is 1. The molecule has 1 atom stereocenters. The first-order valence-electron chi connectivity index (χ1n) is 6.44. The molecule has 2 rings (SSSR count). The lowest BCUT2D eigenvalue weighted by Crippen LogP contribution is -2.34. The predicted molar refractivity (Wildman–Crippen MR) is 76.8 cm³/mol. The molecule has 5 nitrogen and oxygen atoms in total. The van der Waals surface area contributed by atoms with Crippen LogP contribution in [-0.4, -0.2) is 38.6 Å². The second-order valence-electron chi connectivity index (χ2n) is 4.67. The van der Waals surface area contributed by atoms with E-state index in [1.165, 1.54) is 0 Å². The molecule has 6 heteroatoms. The van der Waals surface area contributed by atoms with Crippen LogP contribution in [0.5, 0.6) is 0 Å². The lowest BCUT2D eigenvalue weighted by atomic mass is 10.1. The Balaban J connectivity index is 1.98. The molecular weight excluding hydrogens is 280 g/mol. The van der Waals surface area contributed by atoms with Crippen LogP contribution in [0.3, 0.4) is 0 Å². The van der Waals surface area contributed by atoms with Gasteiger partial charge < -0.3 is 15.0 Å². The van der Waals surface area contributed by atoms with E-state index in [4.69, 9.17) is 16.3 Å². The predicted octanol–water partition coefficient (Wildman–Crippen LogP) is 1.46. The minimum Gasteiger partial charge on any atom is -0.383 e. The Hall–Kier alpha value is -1.59. The Kier molecular flexibility index (Phi) is 4.98. The highest BCUT2D eigenvalue weighted by Gasteiger charge is 2.34. The van der Waals surface area contributed by atoms with Crippen molar-refractivity contribution in [2.45, 2.75) is 6.42 Å². The lowest BCUT2D eigenvalue weighted by molar-refractivity contribution is -0.126. The van der Waals surface area contributed by atoms with Gasteiger partial charge in [0, 0.05) is 37.3 Å². The highest BCUT2D eigenvalue weighted by Crippen LogP contribution is 2.27. The molecule has 0 bridgehead atoms. The summed E-state index contributed by atoms with van der Waals surface area (Å²) in [4.78, 5) is 25.6. The Labute approximate surface area is 122 Å². The fourth-order valence-corrected chi connectivity index (χ4v) is 2.38. The Morgan fingerprint density at radius 1 is 1.55 bits per heavy atom. The van der Waals surface area contributed by atoms with Gasteiger partial charge in [0.1, 0.15) is 0 Å². The van der Waals surface area contributed by atoms with Gasteiger partial charge in [0.05, 0.1) is 12.5 Å². The van der Waals surface area contributed by atoms with E-state index >= 15 is 0 Å². The summed E-state index contributed by atoms with van der Waals surface area (Å²) >= 11 is 5.92. The van der Waals surface area contributed by atoms with E-state index in [9.17, 15) is 9.59 Å². The van der Waals surface area contributed by atoms with Gasteiger partial charge in [-0.1, -0.05) is 17.7 Å². The smallest absolute Gasteiger partial charge is 0.227 e. The Morgan fingerprint density at radius 2 is 2.35 bits per heavy atom. The molecule has 2 amide bonds. The van der Waals surface area contributed by atoms with E-state index in [1.807, 2.05) is 6.07 Å². The third-order valence-corrected chi connectivity index (χ3v) is 3.46. The van der Waals surface area contributed by atoms with Crippen molar-refractivity contribution < 1.29 is 14.3 Å². The molecule has 1 aliphatic rings. The molecule has 1 heterocycles. The van der Waals surface area contributed by atoms with Gasteiger partial charge in [0.2, 0.25) is 11.8 Å². The van der Waals surface area contributed by atoms with Crippen LogP contribution in [0, 0.1) is 5.92 Å². The standard InChI is InChI=1S/C14H17ClN2O3/c1-20-6-5-16-14(19)10-7-13(18)17(9-10)12-4-2-3-11(15)8-12/h2-4,8,10H,5-7,9H2,1H3,(H,16,19). The zero-order chi connectivity index (χ0) is 14.5. The van der Waals surface area contributed by atoms with Gasteiger partial charge in [-0.05, 0) is 18.2 Å². The number of carbonyl (C=O) groups is 2. The number of hydrogen-bond acceptors (Lipinski definition) is 3. The van der Waals surface area contributed by atoms with Crippen molar-refractivity contribution in [2.75, 3.05) is 31.7 Å². The van der Waals surface area contributed by atoms with Gasteiger partial charge in [-0.2, -0.15) is 0 Å². The molecule has 108 valence electrons. The van der Waals surface area contributed by atoms with Crippen LogP contribution >= 0.6 is 11.6 Å². The molecule has 1 fully saturated rings. The molecule has 1 unspecified atom stereocenters. The number of nitrogens with one attached hydrogen (secondary N) is 1. The second-order valence-corrected chi connectivity index (χ2v) is 5.11. The molecule has 0 aromatic heterocycles. The van der Waals surface area contributed by atoms with E-state index in [-0.39, 0.29) is 24.2 Å². The molecule has 0 radical (unpaired) electrons. The van der Waals surface area contributed by atoms with Crippen LogP contribution in [0.2, 0.25) is 5.02 Å². The quantitative estimate of drug-likeness (QED) is 0.837. The van der Waals surface area contributed by atoms with Gasteiger partial charge in [-0.15, -0.1) is 0 Å². The minimum atomic E-state index is -0.321. The van der Waals surface area contributed by atoms with Crippen LogP contribution in [0.1, 0.15) is 6.42 Å². The number of anilines is 1. The van der Waals surface area contributed by atoms with Gasteiger partial charge in [-0.3, -0.25) is 9.59 Å². The van der Waals surface area contributed by atoms with Crippen LogP contribution < -0.4 is 10.2 Å². The summed E-state index contributed by atoms with van der Waals surface area (Å²) < 4.78 is 4.87. The molecular formula is C14H17ClN2O3. The second kappa shape index (κ2) is 6.72. The zero-order valence-corrected chi connectivity index (χ0v) is 12.0. The third kappa shape index (κ3) is 3.49. The lowest BCUT2D eigenvalue weighted by Gasteiger charge is -2.16. The number of methoxy groups -OCH3 is 1. The summed E-state index contributed by atoms with van der Waals surface area (Å²) in [5.41, 5.74) is 0.731. The van der Waals surface area contributed by atoms with Crippen LogP contribution in [0.4, 0.5) is 5.69 Å². The summed E-state index contributed by atoms with van der Waals surface area (Å²) in [6, 6.07) is 7.08. The van der Waals surface area contributed by atoms with Crippen molar-refractivity contribution in [3.63, 3.8) is 0 Å². The topological polar surface area (TPSA) is 58.6 Å². The van der Waals surface area contributed by atoms with Crippen LogP contribution in [0.25, 0.3) is 0 Å². The van der Waals surface area contributed by atoms with Gasteiger partial charge in [0.25, 0.3) is 0 Å². The molecule has 1 N–H and O–H groups in total. The number of rotatable bonds is 5. The van der Waals surface area contributed by atoms with Crippen LogP contribution in [-0.2, 0) is 14.3 Å². The van der Waals surface area contributed by atoms with Crippen molar-refractivity contribution in [1.29, 1.82) is 0 Å². The number of carbonyl (C=O) groups excluding carboxylic acids is 2. The first-order valence-corrected chi connectivity index (χ1v) is 6.82. The molecule has 0 aliphatic carbocycles. The van der Waals surface area contributed by atoms with Crippen molar-refractivity contribution in [3.8, 4) is 0 Å². The monoisotopic (exact) mass is 296 g/mol. The highest BCUT2D eigenvalue weighted by atomic mass is 35.5. The maximum Gasteiger partial charge on any atom is 0.227 e. The summed E-state index contributed by atoms with van der Waals surface area (Å²) in [5.74, 6) is -0.488. The fraction of sp³-hybridized carbons (Fsp3) is 0.429. The largest absolute Gasteiger partial charge is 0.383 e. The number of amides is 2. The normalized spacial score (nSPS) is 18.4. The van der Waals surface area contributed by atoms with E-state index in [0.29, 0.717) is 24.7 Å². The maximum atomic E-state index is 12.0. The molecule has 0 spiro atoms. The first-order chi connectivity index (χ1) is 9.61. The summed E-state index contributed by atoms with van der Waals surface area (Å²) in [7, 11) is 1.58. The Morgan fingerprint density at radius 3 is 3.05 bits per heavy atom. The van der Waals surface area contributed by atoms with E-state index in [2.05, 4.69) is 5.32 Å². The average molecular weight is 297 g/mol. The van der Waals surface area contributed by atoms with Crippen molar-refractivity contribution in [1.82, 2.24) is 5.32 Å². The number of benzene rings is 1. The van der Waals surface area contributed by atoms with Gasteiger partial charge in [-0.25, -0.2) is 0 Å². The summed E-state index contributed by atoms with van der Waals surface area (Å²) in [5, 5.41) is 3.33.